The summed E-state index contributed by atoms with van der Waals surface area (Å²) in [7, 11) is 1.83. The zero-order valence-electron chi connectivity index (χ0n) is 12.2. The molecule has 0 radical (unpaired) electrons. The summed E-state index contributed by atoms with van der Waals surface area (Å²) in [6, 6.07) is 2.16. The molecule has 0 aromatic carbocycles. The molecular weight excluding hydrogens is 272 g/mol. The van der Waals surface area contributed by atoms with Gasteiger partial charge in [0.05, 0.1) is 11.5 Å². The van der Waals surface area contributed by atoms with Crippen molar-refractivity contribution in [1.82, 2.24) is 9.97 Å². The van der Waals surface area contributed by atoms with Crippen LogP contribution in [0.4, 0.5) is 11.8 Å². The van der Waals surface area contributed by atoms with Crippen LogP contribution in [0.15, 0.2) is 6.07 Å². The molecule has 2 heterocycles. The van der Waals surface area contributed by atoms with Crippen molar-refractivity contribution >= 4 is 33.3 Å². The fourth-order valence-electron chi connectivity index (χ4n) is 2.00. The Kier molecular flexibility index (Phi) is 5.14. The number of rotatable bonds is 7. The highest BCUT2D eigenvalue weighted by Crippen LogP contribution is 2.30. The van der Waals surface area contributed by atoms with Crippen LogP contribution >= 0.6 is 11.3 Å². The van der Waals surface area contributed by atoms with Gasteiger partial charge in [0, 0.05) is 18.5 Å². The summed E-state index contributed by atoms with van der Waals surface area (Å²) in [5, 5.41) is 16.7. The van der Waals surface area contributed by atoms with Crippen molar-refractivity contribution in [1.29, 1.82) is 0 Å². The average molecular weight is 294 g/mol. The number of nitrogens with one attached hydrogen (secondary N) is 2. The topological polar surface area (TPSA) is 70.1 Å². The van der Waals surface area contributed by atoms with E-state index in [1.54, 1.807) is 11.3 Å². The lowest BCUT2D eigenvalue weighted by Gasteiger charge is -2.09. The molecule has 0 aliphatic rings. The van der Waals surface area contributed by atoms with Crippen LogP contribution in [-0.2, 0) is 6.42 Å². The van der Waals surface area contributed by atoms with E-state index in [4.69, 9.17) is 0 Å². The molecular formula is C14H22N4OS. The second kappa shape index (κ2) is 6.85. The summed E-state index contributed by atoms with van der Waals surface area (Å²) in [6.07, 6.45) is 2.48. The quantitative estimate of drug-likeness (QED) is 0.685. The van der Waals surface area contributed by atoms with Crippen molar-refractivity contribution in [2.45, 2.75) is 39.2 Å². The van der Waals surface area contributed by atoms with Crippen molar-refractivity contribution in [3.63, 3.8) is 0 Å². The van der Waals surface area contributed by atoms with Gasteiger partial charge < -0.3 is 15.7 Å². The molecule has 0 saturated carbocycles. The molecule has 3 N–H and O–H groups in total. The predicted octanol–water partition coefficient (Wildman–Crippen LogP) is 2.87. The number of aromatic nitrogens is 2. The number of hydrogen-bond acceptors (Lipinski definition) is 6. The van der Waals surface area contributed by atoms with E-state index >= 15 is 0 Å². The highest BCUT2D eigenvalue weighted by atomic mass is 32.1. The molecule has 5 nitrogen and oxygen atoms in total. The standard InChI is InChI=1S/C14H22N4OS/c1-4-10-8-11-12(16-7-5-6-9(2)19)17-14(15-3)18-13(11)20-10/h8-9,19H,4-7H2,1-3H3,(H2,15,16,17,18). The molecule has 20 heavy (non-hydrogen) atoms. The molecule has 0 aliphatic carbocycles. The Balaban J connectivity index is 2.18. The molecule has 110 valence electrons. The van der Waals surface area contributed by atoms with E-state index in [1.165, 1.54) is 4.88 Å². The first-order valence-corrected chi connectivity index (χ1v) is 7.85. The Morgan fingerprint density at radius 1 is 1.40 bits per heavy atom. The lowest BCUT2D eigenvalue weighted by Crippen LogP contribution is -2.09. The van der Waals surface area contributed by atoms with Crippen molar-refractivity contribution in [3.05, 3.63) is 10.9 Å². The third kappa shape index (κ3) is 3.58. The van der Waals surface area contributed by atoms with Gasteiger partial charge in [-0.2, -0.15) is 4.98 Å². The lowest BCUT2D eigenvalue weighted by atomic mass is 10.2. The molecule has 0 spiro atoms. The van der Waals surface area contributed by atoms with Gasteiger partial charge in [-0.1, -0.05) is 6.92 Å². The molecule has 0 bridgehead atoms. The maximum atomic E-state index is 9.28. The van der Waals surface area contributed by atoms with Crippen LogP contribution in [0.3, 0.4) is 0 Å². The Morgan fingerprint density at radius 2 is 2.20 bits per heavy atom. The second-order valence-electron chi connectivity index (χ2n) is 4.85. The zero-order valence-corrected chi connectivity index (χ0v) is 13.0. The fourth-order valence-corrected chi connectivity index (χ4v) is 2.96. The van der Waals surface area contributed by atoms with Crippen molar-refractivity contribution in [2.75, 3.05) is 24.2 Å². The SMILES string of the molecule is CCc1cc2c(NCCCC(C)O)nc(NC)nc2s1. The van der Waals surface area contributed by atoms with E-state index in [2.05, 4.69) is 33.6 Å². The zero-order chi connectivity index (χ0) is 14.5. The van der Waals surface area contributed by atoms with Crippen LogP contribution in [0.2, 0.25) is 0 Å². The molecule has 1 atom stereocenters. The lowest BCUT2D eigenvalue weighted by molar-refractivity contribution is 0.183. The minimum absolute atomic E-state index is 0.247. The summed E-state index contributed by atoms with van der Waals surface area (Å²) in [5.74, 6) is 1.51. The van der Waals surface area contributed by atoms with Gasteiger partial charge >= 0.3 is 0 Å². The summed E-state index contributed by atoms with van der Waals surface area (Å²) in [4.78, 5) is 11.3. The highest BCUT2D eigenvalue weighted by Gasteiger charge is 2.10. The van der Waals surface area contributed by atoms with E-state index in [0.29, 0.717) is 5.95 Å². The third-order valence-corrected chi connectivity index (χ3v) is 4.28. The molecule has 0 saturated heterocycles. The number of nitrogens with zero attached hydrogens (tertiary/aromatic N) is 2. The molecule has 1 unspecified atom stereocenters. The molecule has 6 heteroatoms. The van der Waals surface area contributed by atoms with Gasteiger partial charge in [-0.05, 0) is 32.3 Å². The molecule has 2 aromatic rings. The van der Waals surface area contributed by atoms with Crippen LogP contribution in [0.25, 0.3) is 10.2 Å². The van der Waals surface area contributed by atoms with Crippen LogP contribution in [0.5, 0.6) is 0 Å². The number of thiophene rings is 1. The van der Waals surface area contributed by atoms with Crippen LogP contribution in [0.1, 0.15) is 31.6 Å². The van der Waals surface area contributed by atoms with E-state index in [-0.39, 0.29) is 6.10 Å². The Labute approximate surface area is 123 Å². The normalized spacial score (nSPS) is 12.6. The molecule has 0 amide bonds. The van der Waals surface area contributed by atoms with Gasteiger partial charge in [0.1, 0.15) is 10.6 Å². The predicted molar refractivity (Wildman–Crippen MR) is 85.7 cm³/mol. The Bertz CT molecular complexity index is 568. The van der Waals surface area contributed by atoms with Crippen molar-refractivity contribution < 1.29 is 5.11 Å². The monoisotopic (exact) mass is 294 g/mol. The van der Waals surface area contributed by atoms with Gasteiger partial charge in [0.25, 0.3) is 0 Å². The highest BCUT2D eigenvalue weighted by molar-refractivity contribution is 7.18. The van der Waals surface area contributed by atoms with E-state index in [0.717, 1.165) is 41.8 Å². The van der Waals surface area contributed by atoms with Crippen molar-refractivity contribution in [3.8, 4) is 0 Å². The molecule has 2 rings (SSSR count). The van der Waals surface area contributed by atoms with Crippen LogP contribution in [0, 0.1) is 0 Å². The van der Waals surface area contributed by atoms with E-state index in [1.807, 2.05) is 14.0 Å². The Hall–Kier alpha value is -1.40. The van der Waals surface area contributed by atoms with Gasteiger partial charge in [-0.15, -0.1) is 11.3 Å². The summed E-state index contributed by atoms with van der Waals surface area (Å²) < 4.78 is 0. The number of fused-ring (bicyclic) bond motifs is 1. The van der Waals surface area contributed by atoms with Gasteiger partial charge in [-0.25, -0.2) is 4.98 Å². The third-order valence-electron chi connectivity index (χ3n) is 3.11. The molecule has 0 fully saturated rings. The Morgan fingerprint density at radius 3 is 2.85 bits per heavy atom. The van der Waals surface area contributed by atoms with Crippen LogP contribution in [-0.4, -0.2) is 34.8 Å². The van der Waals surface area contributed by atoms with Crippen LogP contribution < -0.4 is 10.6 Å². The number of hydrogen-bond donors (Lipinski definition) is 3. The summed E-state index contributed by atoms with van der Waals surface area (Å²) in [6.45, 7) is 4.76. The first-order chi connectivity index (χ1) is 9.63. The van der Waals surface area contributed by atoms with E-state index in [9.17, 15) is 5.11 Å². The van der Waals surface area contributed by atoms with Gasteiger partial charge in [0.15, 0.2) is 0 Å². The molecule has 2 aromatic heterocycles. The number of anilines is 2. The van der Waals surface area contributed by atoms with E-state index < -0.39 is 0 Å². The smallest absolute Gasteiger partial charge is 0.225 e. The van der Waals surface area contributed by atoms with Gasteiger partial charge in [0.2, 0.25) is 5.95 Å². The summed E-state index contributed by atoms with van der Waals surface area (Å²) in [5.41, 5.74) is 0. The molecule has 0 aliphatic heterocycles. The summed E-state index contributed by atoms with van der Waals surface area (Å²) >= 11 is 1.71. The number of aliphatic hydroxyl groups is 1. The maximum absolute atomic E-state index is 9.28. The fraction of sp³-hybridized carbons (Fsp3) is 0.571. The minimum atomic E-state index is -0.247. The number of aryl methyl sites for hydroxylation is 1. The maximum Gasteiger partial charge on any atom is 0.225 e. The first-order valence-electron chi connectivity index (χ1n) is 7.04. The first kappa shape index (κ1) is 15.0. The minimum Gasteiger partial charge on any atom is -0.393 e. The largest absolute Gasteiger partial charge is 0.393 e. The van der Waals surface area contributed by atoms with Crippen molar-refractivity contribution in [2.24, 2.45) is 0 Å². The van der Waals surface area contributed by atoms with Gasteiger partial charge in [-0.3, -0.25) is 0 Å². The average Bonchev–Trinajstić information content (AvgIpc) is 2.86. The second-order valence-corrected chi connectivity index (χ2v) is 5.96. The number of aliphatic hydroxyl groups excluding tert-OH is 1.